The molecule has 0 unspecified atom stereocenters. The number of ether oxygens (including phenoxy) is 9. The summed E-state index contributed by atoms with van der Waals surface area (Å²) >= 11 is 0. The third-order valence-electron chi connectivity index (χ3n) is 12.1. The second-order valence-electron chi connectivity index (χ2n) is 18.0. The molecule has 0 aromatic heterocycles. The van der Waals surface area contributed by atoms with Crippen molar-refractivity contribution in [2.24, 2.45) is 5.11 Å². The first kappa shape index (κ1) is 50.9. The van der Waals surface area contributed by atoms with E-state index in [9.17, 15) is 5.53 Å². The molecule has 10 atom stereocenters. The number of hydrogen-bond acceptors (Lipinski definition) is 11. The van der Waals surface area contributed by atoms with Gasteiger partial charge in [0.15, 0.2) is 20.9 Å². The van der Waals surface area contributed by atoms with Gasteiger partial charge in [0.25, 0.3) is 0 Å². The van der Waals surface area contributed by atoms with Crippen molar-refractivity contribution in [3.8, 4) is 0 Å². The molecule has 0 aliphatic carbocycles. The maximum absolute atomic E-state index is 10.2. The van der Waals surface area contributed by atoms with Gasteiger partial charge in [0.05, 0.1) is 52.9 Å². The molecular formula is C52H67N3O10Si. The Morgan fingerprint density at radius 1 is 0.576 bits per heavy atom. The summed E-state index contributed by atoms with van der Waals surface area (Å²) < 4.78 is 67.9. The molecule has 2 aliphatic heterocycles. The Bertz CT molecular complexity index is 2070. The van der Waals surface area contributed by atoms with Crippen LogP contribution in [0.3, 0.4) is 0 Å². The van der Waals surface area contributed by atoms with Crippen molar-refractivity contribution in [2.75, 3.05) is 26.4 Å². The van der Waals surface area contributed by atoms with Crippen molar-refractivity contribution < 1.29 is 47.1 Å². The van der Waals surface area contributed by atoms with Gasteiger partial charge in [-0.15, -0.1) is 13.2 Å². The lowest BCUT2D eigenvalue weighted by molar-refractivity contribution is -0.360. The SMILES string of the molecule is C=CCOC[C@H]1O[C@@H](O[C@H]2[C@H](OCc3ccccc3)[C@@H](N=[N+]=[N-])[C@H](O[Si](C)(C)C(C)(C)C)O[C@@H]2COCc2ccccc2)[C@@H](OCc2ccccc2)[C@@H](OCC=C)[C@@H]1OCc1ccccc1. The van der Waals surface area contributed by atoms with Crippen LogP contribution in [0.1, 0.15) is 43.0 Å². The predicted molar refractivity (Wildman–Crippen MR) is 256 cm³/mol. The van der Waals surface area contributed by atoms with Gasteiger partial charge in [-0.2, -0.15) is 0 Å². The molecule has 0 spiro atoms. The molecule has 4 aromatic rings. The van der Waals surface area contributed by atoms with Crippen LogP contribution in [-0.2, 0) is 73.5 Å². The third-order valence-corrected chi connectivity index (χ3v) is 16.5. The molecule has 2 saturated heterocycles. The molecule has 0 radical (unpaired) electrons. The fourth-order valence-electron chi connectivity index (χ4n) is 7.59. The number of benzene rings is 4. The molecule has 0 N–H and O–H groups in total. The monoisotopic (exact) mass is 921 g/mol. The Morgan fingerprint density at radius 3 is 1.53 bits per heavy atom. The van der Waals surface area contributed by atoms with Crippen LogP contribution in [0.25, 0.3) is 10.4 Å². The molecule has 0 saturated carbocycles. The maximum Gasteiger partial charge on any atom is 0.195 e. The van der Waals surface area contributed by atoms with E-state index in [1.807, 2.05) is 121 Å². The summed E-state index contributed by atoms with van der Waals surface area (Å²) in [6, 6.07) is 38.5. The minimum Gasteiger partial charge on any atom is -0.392 e. The molecular weight excluding hydrogens is 855 g/mol. The molecule has 4 aromatic carbocycles. The summed E-state index contributed by atoms with van der Waals surface area (Å²) in [6.07, 6.45) is -4.52. The van der Waals surface area contributed by atoms with E-state index in [-0.39, 0.29) is 51.3 Å². The highest BCUT2D eigenvalue weighted by molar-refractivity contribution is 6.74. The van der Waals surface area contributed by atoms with Crippen molar-refractivity contribution in [3.05, 3.63) is 179 Å². The summed E-state index contributed by atoms with van der Waals surface area (Å²) in [4.78, 5) is 3.34. The van der Waals surface area contributed by atoms with Crippen molar-refractivity contribution in [3.63, 3.8) is 0 Å². The lowest BCUT2D eigenvalue weighted by Crippen LogP contribution is -2.66. The highest BCUT2D eigenvalue weighted by Crippen LogP contribution is 2.41. The lowest BCUT2D eigenvalue weighted by Gasteiger charge is -2.51. The molecule has 0 amide bonds. The Labute approximate surface area is 391 Å². The molecule has 13 nitrogen and oxygen atoms in total. The quantitative estimate of drug-likeness (QED) is 0.0158. The van der Waals surface area contributed by atoms with Gasteiger partial charge in [0, 0.05) is 4.91 Å². The molecule has 2 heterocycles. The summed E-state index contributed by atoms with van der Waals surface area (Å²) in [5, 5.41) is 4.16. The number of nitrogens with zero attached hydrogens (tertiary/aromatic N) is 3. The van der Waals surface area contributed by atoms with Crippen LogP contribution < -0.4 is 0 Å². The molecule has 2 fully saturated rings. The molecule has 0 bridgehead atoms. The van der Waals surface area contributed by atoms with E-state index in [0.29, 0.717) is 6.61 Å². The molecule has 2 aliphatic rings. The van der Waals surface area contributed by atoms with Gasteiger partial charge < -0.3 is 47.1 Å². The van der Waals surface area contributed by atoms with E-state index < -0.39 is 69.7 Å². The standard InChI is InChI=1S/C52H67N3O10Si/c1-8-30-56-36-42-45(59-33-39-24-16-11-17-25-39)48(58-31-9-2)49(61-35-41-28-20-13-21-29-41)51(63-42)64-46-43(37-57-32-38-22-14-10-15-23-38)62-50(65-66(6,7)52(3,4)5)44(54-55-53)47(46)60-34-40-26-18-12-19-27-40/h8-29,42-51H,1-2,30-37H2,3-7H3/t42-,43-,44-,45-,46-,47-,48+,49+,50+,51+/m1/s1. The van der Waals surface area contributed by atoms with Gasteiger partial charge in [-0.1, -0.05) is 159 Å². The minimum absolute atomic E-state index is 0.0679. The first-order valence-electron chi connectivity index (χ1n) is 22.7. The normalized spacial score (nSPS) is 25.7. The van der Waals surface area contributed by atoms with Crippen LogP contribution in [0.5, 0.6) is 0 Å². The van der Waals surface area contributed by atoms with E-state index in [1.165, 1.54) is 0 Å². The van der Waals surface area contributed by atoms with E-state index in [1.54, 1.807) is 12.2 Å². The maximum atomic E-state index is 10.2. The van der Waals surface area contributed by atoms with E-state index >= 15 is 0 Å². The van der Waals surface area contributed by atoms with Crippen LogP contribution in [0.2, 0.25) is 18.1 Å². The summed E-state index contributed by atoms with van der Waals surface area (Å²) in [5.41, 5.74) is 14.0. The van der Waals surface area contributed by atoms with Crippen LogP contribution in [0, 0.1) is 0 Å². The molecule has 6 rings (SSSR count). The van der Waals surface area contributed by atoms with Crippen molar-refractivity contribution in [2.45, 2.75) is 127 Å². The highest BCUT2D eigenvalue weighted by Gasteiger charge is 2.55. The van der Waals surface area contributed by atoms with Gasteiger partial charge in [-0.25, -0.2) is 0 Å². The second-order valence-corrected chi connectivity index (χ2v) is 22.7. The summed E-state index contributed by atoms with van der Waals surface area (Å²) in [6.45, 7) is 20.1. The van der Waals surface area contributed by atoms with E-state index in [4.69, 9.17) is 47.1 Å². The zero-order chi connectivity index (χ0) is 46.8. The summed E-state index contributed by atoms with van der Waals surface area (Å²) in [7, 11) is -2.55. The Hall–Kier alpha value is -4.51. The van der Waals surface area contributed by atoms with Crippen LogP contribution in [0.15, 0.2) is 152 Å². The van der Waals surface area contributed by atoms with Crippen molar-refractivity contribution in [1.29, 1.82) is 0 Å². The zero-order valence-corrected chi connectivity index (χ0v) is 40.0. The van der Waals surface area contributed by atoms with Gasteiger partial charge in [-0.3, -0.25) is 0 Å². The van der Waals surface area contributed by atoms with Crippen molar-refractivity contribution >= 4 is 8.32 Å². The van der Waals surface area contributed by atoms with Gasteiger partial charge in [0.1, 0.15) is 48.8 Å². The average molecular weight is 922 g/mol. The number of hydrogen-bond donors (Lipinski definition) is 0. The van der Waals surface area contributed by atoms with Gasteiger partial charge in [-0.05, 0) is 45.9 Å². The van der Waals surface area contributed by atoms with E-state index in [2.05, 4.69) is 57.0 Å². The number of rotatable bonds is 25. The van der Waals surface area contributed by atoms with E-state index in [0.717, 1.165) is 22.3 Å². The molecule has 14 heteroatoms. The average Bonchev–Trinajstić information content (AvgIpc) is 3.32. The third kappa shape index (κ3) is 14.5. The number of azide groups is 1. The predicted octanol–water partition coefficient (Wildman–Crippen LogP) is 10.3. The highest BCUT2D eigenvalue weighted by atomic mass is 28.4. The first-order valence-corrected chi connectivity index (χ1v) is 25.6. The smallest absolute Gasteiger partial charge is 0.195 e. The fourth-order valence-corrected chi connectivity index (χ4v) is 8.72. The van der Waals surface area contributed by atoms with Crippen molar-refractivity contribution in [1.82, 2.24) is 0 Å². The van der Waals surface area contributed by atoms with Gasteiger partial charge >= 0.3 is 0 Å². The second kappa shape index (κ2) is 25.6. The largest absolute Gasteiger partial charge is 0.392 e. The topological polar surface area (TPSA) is 141 Å². The Kier molecular flexibility index (Phi) is 19.7. The minimum atomic E-state index is -2.55. The lowest BCUT2D eigenvalue weighted by atomic mass is 9.95. The molecule has 354 valence electrons. The van der Waals surface area contributed by atoms with Gasteiger partial charge in [0.2, 0.25) is 0 Å². The van der Waals surface area contributed by atoms with Crippen LogP contribution in [0.4, 0.5) is 0 Å². The molecule has 66 heavy (non-hydrogen) atoms. The Morgan fingerprint density at radius 2 is 1.03 bits per heavy atom. The Balaban J connectivity index is 1.43. The first-order chi connectivity index (χ1) is 32.0. The fraction of sp³-hybridized carbons (Fsp3) is 0.462. The van der Waals surface area contributed by atoms with Crippen LogP contribution >= 0.6 is 0 Å². The van der Waals surface area contributed by atoms with Crippen LogP contribution in [-0.4, -0.2) is 96.1 Å². The summed E-state index contributed by atoms with van der Waals surface area (Å²) in [5.74, 6) is 0. The zero-order valence-electron chi connectivity index (χ0n) is 39.0.